The molecule has 3 nitrogen and oxygen atoms in total. The summed E-state index contributed by atoms with van der Waals surface area (Å²) >= 11 is 0. The molecular formula is C12H12ClF4NO2. The van der Waals surface area contributed by atoms with E-state index in [-0.39, 0.29) is 25.1 Å². The summed E-state index contributed by atoms with van der Waals surface area (Å²) in [6, 6.07) is -1.10. The molecule has 112 valence electrons. The first kappa shape index (κ1) is 16.6. The van der Waals surface area contributed by atoms with E-state index in [2.05, 4.69) is 5.32 Å². The van der Waals surface area contributed by atoms with Crippen LogP contribution in [0.5, 0.6) is 0 Å². The van der Waals surface area contributed by atoms with E-state index in [1.54, 1.807) is 13.8 Å². The number of hydrogen-bond donors (Lipinski definition) is 1. The number of cyclic esters (lactones) is 1. The third-order valence-electron chi connectivity index (χ3n) is 3.05. The Bertz CT molecular complexity index is 524. The molecule has 1 saturated heterocycles. The van der Waals surface area contributed by atoms with Crippen molar-refractivity contribution in [1.82, 2.24) is 5.32 Å². The van der Waals surface area contributed by atoms with Gasteiger partial charge < -0.3 is 10.1 Å². The highest BCUT2D eigenvalue weighted by Gasteiger charge is 2.42. The molecule has 0 aromatic heterocycles. The summed E-state index contributed by atoms with van der Waals surface area (Å²) in [6.07, 6.45) is -0.896. The Morgan fingerprint density at radius 2 is 1.70 bits per heavy atom. The predicted octanol–water partition coefficient (Wildman–Crippen LogP) is 3.47. The molecule has 1 aromatic rings. The number of benzene rings is 1. The Hall–Kier alpha value is -1.50. The molecule has 0 aliphatic carbocycles. The summed E-state index contributed by atoms with van der Waals surface area (Å²) in [5.41, 5.74) is -1.75. The third kappa shape index (κ3) is 2.67. The first-order valence-electron chi connectivity index (χ1n) is 5.50. The van der Waals surface area contributed by atoms with Crippen molar-refractivity contribution in [2.75, 3.05) is 6.61 Å². The summed E-state index contributed by atoms with van der Waals surface area (Å²) in [5.74, 6) is -6.05. The molecule has 1 fully saturated rings. The van der Waals surface area contributed by atoms with Gasteiger partial charge in [0.2, 0.25) is 0 Å². The number of rotatable bonds is 1. The van der Waals surface area contributed by atoms with E-state index in [0.29, 0.717) is 0 Å². The van der Waals surface area contributed by atoms with Gasteiger partial charge in [-0.05, 0) is 0 Å². The SMILES string of the molecule is CC1(C)COC(=O)N[C@@H]1c1c(F)c(F)cc(F)c1F.Cl. The summed E-state index contributed by atoms with van der Waals surface area (Å²) in [5, 5.41) is 2.18. The van der Waals surface area contributed by atoms with Crippen LogP contribution in [-0.4, -0.2) is 12.7 Å². The van der Waals surface area contributed by atoms with Gasteiger partial charge in [0.25, 0.3) is 0 Å². The van der Waals surface area contributed by atoms with Crippen LogP contribution in [0.25, 0.3) is 0 Å². The number of ether oxygens (including phenoxy) is 1. The Kier molecular flexibility index (Phi) is 4.53. The van der Waals surface area contributed by atoms with Gasteiger partial charge in [-0.2, -0.15) is 0 Å². The second kappa shape index (κ2) is 5.47. The lowest BCUT2D eigenvalue weighted by atomic mass is 9.80. The van der Waals surface area contributed by atoms with Crippen LogP contribution >= 0.6 is 12.4 Å². The van der Waals surface area contributed by atoms with E-state index in [0.717, 1.165) is 0 Å². The van der Waals surface area contributed by atoms with Gasteiger partial charge in [0, 0.05) is 11.5 Å². The molecule has 1 heterocycles. The molecule has 0 saturated carbocycles. The first-order valence-corrected chi connectivity index (χ1v) is 5.50. The van der Waals surface area contributed by atoms with Crippen LogP contribution < -0.4 is 5.32 Å². The van der Waals surface area contributed by atoms with E-state index in [4.69, 9.17) is 4.74 Å². The Balaban J connectivity index is 0.00000200. The Morgan fingerprint density at radius 3 is 2.20 bits per heavy atom. The van der Waals surface area contributed by atoms with E-state index in [9.17, 15) is 22.4 Å². The summed E-state index contributed by atoms with van der Waals surface area (Å²) < 4.78 is 58.5. The van der Waals surface area contributed by atoms with Gasteiger partial charge in [0.15, 0.2) is 23.3 Å². The third-order valence-corrected chi connectivity index (χ3v) is 3.05. The normalized spacial score (nSPS) is 20.7. The fourth-order valence-corrected chi connectivity index (χ4v) is 2.00. The lowest BCUT2D eigenvalue weighted by molar-refractivity contribution is 0.0362. The number of nitrogens with one attached hydrogen (secondary N) is 1. The minimum atomic E-state index is -1.51. The molecule has 0 radical (unpaired) electrons. The maximum Gasteiger partial charge on any atom is 0.407 e. The van der Waals surface area contributed by atoms with Gasteiger partial charge in [0.1, 0.15) is 6.61 Å². The lowest BCUT2D eigenvalue weighted by Crippen LogP contribution is -2.47. The van der Waals surface area contributed by atoms with Crippen molar-refractivity contribution in [2.45, 2.75) is 19.9 Å². The van der Waals surface area contributed by atoms with Crippen molar-refractivity contribution >= 4 is 18.5 Å². The highest BCUT2D eigenvalue weighted by atomic mass is 35.5. The molecule has 1 aliphatic rings. The monoisotopic (exact) mass is 313 g/mol. The van der Waals surface area contributed by atoms with Gasteiger partial charge >= 0.3 is 6.09 Å². The molecular weight excluding hydrogens is 302 g/mol. The van der Waals surface area contributed by atoms with Crippen molar-refractivity contribution in [2.24, 2.45) is 5.41 Å². The van der Waals surface area contributed by atoms with Crippen LogP contribution in [0.2, 0.25) is 0 Å². The van der Waals surface area contributed by atoms with Gasteiger partial charge in [0.05, 0.1) is 11.6 Å². The fraction of sp³-hybridized carbons (Fsp3) is 0.417. The zero-order valence-electron chi connectivity index (χ0n) is 10.6. The van der Waals surface area contributed by atoms with Gasteiger partial charge in [-0.3, -0.25) is 0 Å². The largest absolute Gasteiger partial charge is 0.449 e. The smallest absolute Gasteiger partial charge is 0.407 e. The number of alkyl carbamates (subject to hydrolysis) is 1. The van der Waals surface area contributed by atoms with Gasteiger partial charge in [-0.15, -0.1) is 12.4 Å². The molecule has 0 spiro atoms. The molecule has 2 rings (SSSR count). The van der Waals surface area contributed by atoms with E-state index in [1.165, 1.54) is 0 Å². The molecule has 8 heteroatoms. The maximum absolute atomic E-state index is 13.7. The highest BCUT2D eigenvalue weighted by Crippen LogP contribution is 2.39. The van der Waals surface area contributed by atoms with Crippen LogP contribution in [0, 0.1) is 28.7 Å². The topological polar surface area (TPSA) is 38.3 Å². The molecule has 1 atom stereocenters. The molecule has 1 aromatic carbocycles. The van der Waals surface area contributed by atoms with Crippen molar-refractivity contribution in [3.8, 4) is 0 Å². The number of carbonyl (C=O) groups excluding carboxylic acids is 1. The zero-order valence-corrected chi connectivity index (χ0v) is 11.4. The van der Waals surface area contributed by atoms with E-state index < -0.39 is 46.4 Å². The maximum atomic E-state index is 13.7. The Morgan fingerprint density at radius 1 is 1.20 bits per heavy atom. The Labute approximate surface area is 118 Å². The molecule has 20 heavy (non-hydrogen) atoms. The van der Waals surface area contributed by atoms with Crippen molar-refractivity contribution in [3.63, 3.8) is 0 Å². The standard InChI is InChI=1S/C12H11F4NO2.ClH/c1-12(2)4-19-11(18)17-10(12)7-8(15)5(13)3-6(14)9(7)16;/h3,10H,4H2,1-2H3,(H,17,18);1H/t10-;/m1./s1. The molecule has 1 aliphatic heterocycles. The average molecular weight is 314 g/mol. The van der Waals surface area contributed by atoms with Crippen molar-refractivity contribution < 1.29 is 27.1 Å². The van der Waals surface area contributed by atoms with Crippen molar-refractivity contribution in [1.29, 1.82) is 0 Å². The van der Waals surface area contributed by atoms with Crippen LogP contribution in [0.15, 0.2) is 6.07 Å². The van der Waals surface area contributed by atoms with Crippen LogP contribution in [0.3, 0.4) is 0 Å². The first-order chi connectivity index (χ1) is 8.74. The second-order valence-corrected chi connectivity index (χ2v) is 5.02. The minimum absolute atomic E-state index is 0. The number of hydrogen-bond acceptors (Lipinski definition) is 2. The molecule has 1 N–H and O–H groups in total. The molecule has 0 unspecified atom stereocenters. The second-order valence-electron chi connectivity index (χ2n) is 5.02. The summed E-state index contributed by atoms with van der Waals surface area (Å²) in [7, 11) is 0. The average Bonchev–Trinajstić information content (AvgIpc) is 2.32. The van der Waals surface area contributed by atoms with E-state index >= 15 is 0 Å². The molecule has 0 bridgehead atoms. The quantitative estimate of drug-likeness (QED) is 0.637. The van der Waals surface area contributed by atoms with Crippen LogP contribution in [-0.2, 0) is 4.74 Å². The van der Waals surface area contributed by atoms with Gasteiger partial charge in [-0.25, -0.2) is 22.4 Å². The van der Waals surface area contributed by atoms with E-state index in [1.807, 2.05) is 0 Å². The number of carbonyl (C=O) groups is 1. The zero-order chi connectivity index (χ0) is 14.4. The number of halogens is 5. The van der Waals surface area contributed by atoms with Gasteiger partial charge in [-0.1, -0.05) is 13.8 Å². The van der Waals surface area contributed by atoms with Crippen molar-refractivity contribution in [3.05, 3.63) is 34.9 Å². The summed E-state index contributed by atoms with van der Waals surface area (Å²) in [4.78, 5) is 11.2. The fourth-order valence-electron chi connectivity index (χ4n) is 2.00. The minimum Gasteiger partial charge on any atom is -0.449 e. The lowest BCUT2D eigenvalue weighted by Gasteiger charge is -2.38. The summed E-state index contributed by atoms with van der Waals surface area (Å²) in [6.45, 7) is 2.98. The van der Waals surface area contributed by atoms with Crippen LogP contribution in [0.4, 0.5) is 22.4 Å². The number of amides is 1. The predicted molar refractivity (Wildman–Crippen MR) is 64.5 cm³/mol. The highest BCUT2D eigenvalue weighted by molar-refractivity contribution is 5.85. The van der Waals surface area contributed by atoms with Crippen LogP contribution in [0.1, 0.15) is 25.5 Å². The molecule has 1 amide bonds.